The third-order valence-electron chi connectivity index (χ3n) is 6.69. The molecule has 0 aliphatic carbocycles. The van der Waals surface area contributed by atoms with Crippen LogP contribution in [0.1, 0.15) is 22.5 Å². The minimum Gasteiger partial charge on any atom is -0.507 e. The summed E-state index contributed by atoms with van der Waals surface area (Å²) in [5, 5.41) is 31.7. The number of aromatic nitrogens is 2. The lowest BCUT2D eigenvalue weighted by Gasteiger charge is -2.10. The van der Waals surface area contributed by atoms with Crippen LogP contribution in [0.4, 0.5) is 11.4 Å². The van der Waals surface area contributed by atoms with Crippen LogP contribution in [0, 0.1) is 0 Å². The summed E-state index contributed by atoms with van der Waals surface area (Å²) in [7, 11) is 0. The monoisotopic (exact) mass is 554 g/mol. The lowest BCUT2D eigenvalue weighted by molar-refractivity contribution is 0.277. The molecule has 0 aliphatic rings. The average Bonchev–Trinajstić information content (AvgIpc) is 3.03. The van der Waals surface area contributed by atoms with Crippen molar-refractivity contribution in [2.45, 2.75) is 13.2 Å². The van der Waals surface area contributed by atoms with Gasteiger partial charge in [-0.05, 0) is 48.5 Å². The van der Waals surface area contributed by atoms with Gasteiger partial charge in [0.05, 0.1) is 40.4 Å². The van der Waals surface area contributed by atoms with Gasteiger partial charge in [0.25, 0.3) is 0 Å². The highest BCUT2D eigenvalue weighted by Gasteiger charge is 2.09. The predicted molar refractivity (Wildman–Crippen MR) is 164 cm³/mol. The molecule has 8 heteroatoms. The Labute approximate surface area is 241 Å². The van der Waals surface area contributed by atoms with E-state index in [1.54, 1.807) is 73.1 Å². The zero-order valence-electron chi connectivity index (χ0n) is 22.4. The third kappa shape index (κ3) is 5.79. The molecule has 0 fully saturated rings. The van der Waals surface area contributed by atoms with Crippen molar-refractivity contribution < 1.29 is 20.1 Å². The largest absolute Gasteiger partial charge is 0.507 e. The smallest absolute Gasteiger partial charge is 0.130 e. The molecule has 8 nitrogen and oxygen atoms in total. The number of aliphatic hydroxyl groups excluding tert-OH is 1. The van der Waals surface area contributed by atoms with Gasteiger partial charge in [-0.1, -0.05) is 48.5 Å². The minimum atomic E-state index is -0.142. The standard InChI is InChI=1S/C34H26N4O4/c39-20-26-13-11-22-9-10-23-12-14-27(38-34(23)33(22)37-26)21-42-28-15-16-29(35-18-24-5-1-3-7-31(24)40)30(17-28)36-19-25-6-2-4-8-32(25)41/h1-19,39-41H,20-21H2/b35-18+,36-19+. The first-order valence-corrected chi connectivity index (χ1v) is 13.3. The van der Waals surface area contributed by atoms with Gasteiger partial charge in [-0.3, -0.25) is 9.98 Å². The number of benzene rings is 4. The SMILES string of the molecule is OCc1ccc2ccc3ccc(COc4ccc(/N=C/c5ccccc5O)c(/N=C/c5ccccc5O)c4)nc3c2n1. The first-order chi connectivity index (χ1) is 20.6. The Morgan fingerprint density at radius 2 is 1.17 bits per heavy atom. The molecule has 6 aromatic rings. The number of para-hydroxylation sites is 2. The second-order valence-corrected chi connectivity index (χ2v) is 9.55. The summed E-state index contributed by atoms with van der Waals surface area (Å²) in [6, 6.07) is 30.8. The Bertz CT molecular complexity index is 1970. The van der Waals surface area contributed by atoms with Gasteiger partial charge in [0.1, 0.15) is 23.9 Å². The molecule has 3 N–H and O–H groups in total. The van der Waals surface area contributed by atoms with Crippen LogP contribution < -0.4 is 4.74 Å². The van der Waals surface area contributed by atoms with E-state index in [9.17, 15) is 15.3 Å². The highest BCUT2D eigenvalue weighted by atomic mass is 16.5. The Hall–Kier alpha value is -5.60. The lowest BCUT2D eigenvalue weighted by atomic mass is 10.1. The quantitative estimate of drug-likeness (QED) is 0.141. The number of hydrogen-bond acceptors (Lipinski definition) is 8. The fraction of sp³-hybridized carbons (Fsp3) is 0.0588. The molecule has 0 saturated carbocycles. The van der Waals surface area contributed by atoms with Crippen molar-refractivity contribution >= 4 is 45.6 Å². The Kier molecular flexibility index (Phi) is 7.52. The van der Waals surface area contributed by atoms with Crippen LogP contribution in [0.3, 0.4) is 0 Å². The van der Waals surface area contributed by atoms with Crippen molar-refractivity contribution in [1.29, 1.82) is 0 Å². The highest BCUT2D eigenvalue weighted by Crippen LogP contribution is 2.33. The van der Waals surface area contributed by atoms with Crippen molar-refractivity contribution in [2.24, 2.45) is 9.98 Å². The molecular formula is C34H26N4O4. The molecular weight excluding hydrogens is 528 g/mol. The topological polar surface area (TPSA) is 120 Å². The maximum absolute atomic E-state index is 10.2. The van der Waals surface area contributed by atoms with Crippen LogP contribution in [0.15, 0.2) is 113 Å². The number of aliphatic hydroxyl groups is 1. The molecule has 2 aromatic heterocycles. The molecule has 0 radical (unpaired) electrons. The van der Waals surface area contributed by atoms with Gasteiger partial charge in [0, 0.05) is 40.4 Å². The molecule has 0 amide bonds. The average molecular weight is 555 g/mol. The summed E-state index contributed by atoms with van der Waals surface area (Å²) < 4.78 is 6.11. The second kappa shape index (κ2) is 11.9. The Morgan fingerprint density at radius 1 is 0.619 bits per heavy atom. The number of fused-ring (bicyclic) bond motifs is 3. The van der Waals surface area contributed by atoms with Crippen LogP contribution in [-0.4, -0.2) is 37.7 Å². The van der Waals surface area contributed by atoms with Gasteiger partial charge in [-0.15, -0.1) is 0 Å². The van der Waals surface area contributed by atoms with Crippen LogP contribution in [0.5, 0.6) is 17.2 Å². The molecule has 6 rings (SSSR count). The molecule has 42 heavy (non-hydrogen) atoms. The first-order valence-electron chi connectivity index (χ1n) is 13.3. The number of nitrogens with zero attached hydrogens (tertiary/aromatic N) is 4. The Balaban J connectivity index is 1.30. The second-order valence-electron chi connectivity index (χ2n) is 9.55. The lowest BCUT2D eigenvalue weighted by Crippen LogP contribution is -1.99. The number of phenols is 2. The van der Waals surface area contributed by atoms with E-state index in [4.69, 9.17) is 9.72 Å². The summed E-state index contributed by atoms with van der Waals surface area (Å²) in [5.41, 5.74) is 4.97. The van der Waals surface area contributed by atoms with E-state index in [1.807, 2.05) is 42.5 Å². The predicted octanol–water partition coefficient (Wildman–Crippen LogP) is 6.77. The number of phenolic OH excluding ortho intramolecular Hbond substituents is 2. The van der Waals surface area contributed by atoms with E-state index in [0.717, 1.165) is 21.8 Å². The zero-order valence-corrected chi connectivity index (χ0v) is 22.4. The zero-order chi connectivity index (χ0) is 28.9. The molecule has 206 valence electrons. The number of hydrogen-bond donors (Lipinski definition) is 3. The van der Waals surface area contributed by atoms with Crippen molar-refractivity contribution in [3.05, 3.63) is 126 Å². The van der Waals surface area contributed by atoms with E-state index in [1.165, 1.54) is 0 Å². The number of aromatic hydroxyl groups is 2. The van der Waals surface area contributed by atoms with Gasteiger partial charge < -0.3 is 20.1 Å². The fourth-order valence-electron chi connectivity index (χ4n) is 4.45. The number of aliphatic imine (C=N–C) groups is 2. The first kappa shape index (κ1) is 26.6. The molecule has 0 bridgehead atoms. The summed E-state index contributed by atoms with van der Waals surface area (Å²) in [6.07, 6.45) is 3.14. The van der Waals surface area contributed by atoms with E-state index in [-0.39, 0.29) is 24.7 Å². The van der Waals surface area contributed by atoms with Gasteiger partial charge in [0.15, 0.2) is 0 Å². The number of rotatable bonds is 8. The molecule has 0 aliphatic heterocycles. The van der Waals surface area contributed by atoms with E-state index >= 15 is 0 Å². The molecule has 0 saturated heterocycles. The van der Waals surface area contributed by atoms with E-state index < -0.39 is 0 Å². The van der Waals surface area contributed by atoms with Crippen LogP contribution >= 0.6 is 0 Å². The highest BCUT2D eigenvalue weighted by molar-refractivity contribution is 6.02. The van der Waals surface area contributed by atoms with Gasteiger partial charge in [-0.25, -0.2) is 9.97 Å². The molecule has 0 spiro atoms. The van der Waals surface area contributed by atoms with E-state index in [2.05, 4.69) is 15.0 Å². The summed E-state index contributed by atoms with van der Waals surface area (Å²) in [6.45, 7) is 0.0610. The summed E-state index contributed by atoms with van der Waals surface area (Å²) >= 11 is 0. The minimum absolute atomic E-state index is 0.114. The normalized spacial score (nSPS) is 11.6. The number of ether oxygens (including phenoxy) is 1. The molecule has 2 heterocycles. The van der Waals surface area contributed by atoms with Gasteiger partial charge >= 0.3 is 0 Å². The molecule has 0 atom stereocenters. The fourth-order valence-corrected chi connectivity index (χ4v) is 4.45. The van der Waals surface area contributed by atoms with Crippen molar-refractivity contribution in [3.63, 3.8) is 0 Å². The van der Waals surface area contributed by atoms with Gasteiger partial charge in [-0.2, -0.15) is 0 Å². The third-order valence-corrected chi connectivity index (χ3v) is 6.69. The Morgan fingerprint density at radius 3 is 1.79 bits per heavy atom. The van der Waals surface area contributed by atoms with Crippen LogP contribution in [-0.2, 0) is 13.2 Å². The summed E-state index contributed by atoms with van der Waals surface area (Å²) in [4.78, 5) is 18.5. The van der Waals surface area contributed by atoms with Crippen molar-refractivity contribution in [1.82, 2.24) is 9.97 Å². The molecule has 4 aromatic carbocycles. The van der Waals surface area contributed by atoms with Crippen LogP contribution in [0.25, 0.3) is 21.8 Å². The van der Waals surface area contributed by atoms with Gasteiger partial charge in [0.2, 0.25) is 0 Å². The molecule has 0 unspecified atom stereocenters. The summed E-state index contributed by atoms with van der Waals surface area (Å²) in [5.74, 6) is 0.795. The maximum atomic E-state index is 10.2. The maximum Gasteiger partial charge on any atom is 0.130 e. The van der Waals surface area contributed by atoms with Crippen LogP contribution in [0.2, 0.25) is 0 Å². The van der Waals surface area contributed by atoms with Crippen molar-refractivity contribution in [2.75, 3.05) is 0 Å². The van der Waals surface area contributed by atoms with Crippen molar-refractivity contribution in [3.8, 4) is 17.2 Å². The number of pyridine rings is 2. The van der Waals surface area contributed by atoms with E-state index in [0.29, 0.717) is 39.6 Å².